The summed E-state index contributed by atoms with van der Waals surface area (Å²) in [6.45, 7) is 2.54. The minimum absolute atomic E-state index is 0.0601. The van der Waals surface area contributed by atoms with Crippen molar-refractivity contribution in [3.8, 4) is 23.1 Å². The number of hydrogen-bond acceptors (Lipinski definition) is 9. The normalized spacial score (nSPS) is 16.5. The van der Waals surface area contributed by atoms with Gasteiger partial charge in [-0.2, -0.15) is 5.26 Å². The fourth-order valence-corrected chi connectivity index (χ4v) is 4.80. The second kappa shape index (κ2) is 10.5. The number of likely N-dealkylation sites (tertiary alicyclic amines) is 1. The van der Waals surface area contributed by atoms with Crippen LogP contribution in [0.5, 0.6) is 5.75 Å². The maximum atomic E-state index is 12.5. The number of hydrogen-bond donors (Lipinski definition) is 0. The van der Waals surface area contributed by atoms with Gasteiger partial charge in [-0.1, -0.05) is 0 Å². The van der Waals surface area contributed by atoms with Crippen LogP contribution in [0.25, 0.3) is 11.3 Å². The molecule has 5 rings (SSSR count). The van der Waals surface area contributed by atoms with Gasteiger partial charge in [0.2, 0.25) is 0 Å². The van der Waals surface area contributed by atoms with Crippen LogP contribution < -0.4 is 4.74 Å². The van der Waals surface area contributed by atoms with Gasteiger partial charge in [-0.15, -0.1) is 11.3 Å². The zero-order valence-electron chi connectivity index (χ0n) is 19.3. The largest absolute Gasteiger partial charge is 0.489 e. The van der Waals surface area contributed by atoms with Gasteiger partial charge in [-0.05, 0) is 24.3 Å². The van der Waals surface area contributed by atoms with Crippen LogP contribution in [0.15, 0.2) is 35.8 Å². The average molecular weight is 492 g/mol. The van der Waals surface area contributed by atoms with Crippen molar-refractivity contribution in [2.24, 2.45) is 0 Å². The molecule has 10 heteroatoms. The van der Waals surface area contributed by atoms with Gasteiger partial charge < -0.3 is 19.1 Å². The molecular weight excluding hydrogens is 466 g/mol. The lowest BCUT2D eigenvalue weighted by molar-refractivity contribution is -0.0194. The van der Waals surface area contributed by atoms with Crippen molar-refractivity contribution in [3.05, 3.63) is 57.9 Å². The van der Waals surface area contributed by atoms with Crippen molar-refractivity contribution in [2.45, 2.75) is 31.5 Å². The lowest BCUT2D eigenvalue weighted by atomic mass is 10.1. The molecule has 2 saturated heterocycles. The second-order valence-corrected chi connectivity index (χ2v) is 9.42. The smallest absolute Gasteiger partial charge is 0.273 e. The number of ether oxygens (including phenoxy) is 3. The Bertz CT molecular complexity index is 1240. The highest BCUT2D eigenvalue weighted by Crippen LogP contribution is 2.28. The molecule has 1 aromatic carbocycles. The molecule has 4 heterocycles. The van der Waals surface area contributed by atoms with Crippen molar-refractivity contribution >= 4 is 17.2 Å². The van der Waals surface area contributed by atoms with Crippen LogP contribution in [0.2, 0.25) is 0 Å². The summed E-state index contributed by atoms with van der Waals surface area (Å²) in [5.41, 5.74) is 2.43. The molecule has 2 aliphatic rings. The number of rotatable bonds is 7. The molecule has 0 spiro atoms. The topological polar surface area (TPSA) is 110 Å². The van der Waals surface area contributed by atoms with Crippen molar-refractivity contribution in [3.63, 3.8) is 0 Å². The fraction of sp³-hybridized carbons (Fsp3) is 0.400. The van der Waals surface area contributed by atoms with Crippen LogP contribution in [0.3, 0.4) is 0 Å². The Hall–Kier alpha value is -3.39. The van der Waals surface area contributed by atoms with Gasteiger partial charge >= 0.3 is 0 Å². The number of nitrogens with zero attached hydrogens (tertiary/aromatic N) is 5. The van der Waals surface area contributed by atoms with Crippen molar-refractivity contribution in [1.82, 2.24) is 19.9 Å². The molecule has 2 aliphatic heterocycles. The first-order valence-corrected chi connectivity index (χ1v) is 12.4. The Labute approximate surface area is 207 Å². The fourth-order valence-electron chi connectivity index (χ4n) is 4.04. The van der Waals surface area contributed by atoms with Crippen LogP contribution in [0.4, 0.5) is 0 Å². The molecule has 0 radical (unpaired) electrons. The first-order valence-electron chi connectivity index (χ1n) is 11.5. The quantitative estimate of drug-likeness (QED) is 0.496. The van der Waals surface area contributed by atoms with Gasteiger partial charge in [0, 0.05) is 50.2 Å². The zero-order chi connectivity index (χ0) is 24.2. The lowest BCUT2D eigenvalue weighted by Crippen LogP contribution is -2.54. The zero-order valence-corrected chi connectivity index (χ0v) is 20.2. The van der Waals surface area contributed by atoms with E-state index in [-0.39, 0.29) is 18.1 Å². The van der Waals surface area contributed by atoms with Crippen LogP contribution in [0.1, 0.15) is 39.7 Å². The molecule has 180 valence electrons. The maximum absolute atomic E-state index is 12.5. The van der Waals surface area contributed by atoms with E-state index in [2.05, 4.69) is 21.0 Å². The summed E-state index contributed by atoms with van der Waals surface area (Å²) in [5.74, 6) is 1.10. The van der Waals surface area contributed by atoms with E-state index < -0.39 is 0 Å². The summed E-state index contributed by atoms with van der Waals surface area (Å²) in [5, 5.41) is 12.2. The minimum atomic E-state index is -0.0810. The Morgan fingerprint density at radius 1 is 1.23 bits per heavy atom. The highest BCUT2D eigenvalue weighted by atomic mass is 32.1. The van der Waals surface area contributed by atoms with Crippen LogP contribution in [0, 0.1) is 11.3 Å². The summed E-state index contributed by atoms with van der Waals surface area (Å²) in [6.07, 6.45) is 3.92. The van der Waals surface area contributed by atoms with Crippen LogP contribution in [-0.2, 0) is 15.9 Å². The molecule has 1 amide bonds. The molecule has 2 aromatic heterocycles. The maximum Gasteiger partial charge on any atom is 0.273 e. The van der Waals surface area contributed by atoms with Gasteiger partial charge in [-0.25, -0.2) is 15.0 Å². The standard InChI is InChI=1S/C25H25N5O4S/c1-32-19-13-30(14-19)25(31)21-15-35-24(29-21)11-23-27-7-4-20(28-23)16-2-3-22(17(10-16)12-26)34-18-5-8-33-9-6-18/h2-4,7,10,15,18-19H,5-6,8-9,11,13-14H2,1H3. The van der Waals surface area contributed by atoms with Gasteiger partial charge in [0.15, 0.2) is 0 Å². The predicted molar refractivity (Wildman–Crippen MR) is 128 cm³/mol. The number of thiazole rings is 1. The Balaban J connectivity index is 1.27. The number of carbonyl (C=O) groups excluding carboxylic acids is 1. The highest BCUT2D eigenvalue weighted by Gasteiger charge is 2.32. The highest BCUT2D eigenvalue weighted by molar-refractivity contribution is 7.09. The molecular formula is C25H25N5O4S. The van der Waals surface area contributed by atoms with Crippen molar-refractivity contribution in [1.29, 1.82) is 5.26 Å². The van der Waals surface area contributed by atoms with E-state index in [9.17, 15) is 10.1 Å². The number of aromatic nitrogens is 3. The molecule has 35 heavy (non-hydrogen) atoms. The summed E-state index contributed by atoms with van der Waals surface area (Å²) >= 11 is 1.42. The minimum Gasteiger partial charge on any atom is -0.489 e. The summed E-state index contributed by atoms with van der Waals surface area (Å²) in [6, 6.07) is 9.57. The van der Waals surface area contributed by atoms with E-state index in [0.717, 1.165) is 23.4 Å². The monoisotopic (exact) mass is 491 g/mol. The molecule has 0 N–H and O–H groups in total. The lowest BCUT2D eigenvalue weighted by Gasteiger charge is -2.37. The number of nitriles is 1. The Morgan fingerprint density at radius 2 is 2.06 bits per heavy atom. The molecule has 0 saturated carbocycles. The first-order chi connectivity index (χ1) is 17.1. The summed E-state index contributed by atoms with van der Waals surface area (Å²) < 4.78 is 16.7. The molecule has 0 atom stereocenters. The number of methoxy groups -OCH3 is 1. The average Bonchev–Trinajstić information content (AvgIpc) is 3.33. The van der Waals surface area contributed by atoms with E-state index >= 15 is 0 Å². The number of carbonyl (C=O) groups is 1. The predicted octanol–water partition coefficient (Wildman–Crippen LogP) is 3.09. The molecule has 3 aromatic rings. The van der Waals surface area contributed by atoms with Gasteiger partial charge in [0.25, 0.3) is 5.91 Å². The van der Waals surface area contributed by atoms with E-state index in [4.69, 9.17) is 14.2 Å². The number of benzene rings is 1. The first kappa shape index (κ1) is 23.4. The van der Waals surface area contributed by atoms with Crippen LogP contribution in [-0.4, -0.2) is 71.4 Å². The van der Waals surface area contributed by atoms with E-state index in [1.807, 2.05) is 18.2 Å². The van der Waals surface area contributed by atoms with Crippen molar-refractivity contribution < 1.29 is 19.0 Å². The Kier molecular flexibility index (Phi) is 6.99. The third-order valence-corrected chi connectivity index (χ3v) is 6.96. The van der Waals surface area contributed by atoms with E-state index in [1.165, 1.54) is 11.3 Å². The third kappa shape index (κ3) is 5.32. The third-order valence-electron chi connectivity index (χ3n) is 6.11. The molecule has 0 unspecified atom stereocenters. The van der Waals surface area contributed by atoms with Crippen LogP contribution >= 0.6 is 11.3 Å². The van der Waals surface area contributed by atoms with E-state index in [0.29, 0.717) is 61.2 Å². The Morgan fingerprint density at radius 3 is 2.83 bits per heavy atom. The van der Waals surface area contributed by atoms with E-state index in [1.54, 1.807) is 29.7 Å². The van der Waals surface area contributed by atoms with Gasteiger partial charge in [0.1, 0.15) is 34.4 Å². The van der Waals surface area contributed by atoms with Gasteiger partial charge in [-0.3, -0.25) is 4.79 Å². The summed E-state index contributed by atoms with van der Waals surface area (Å²) in [7, 11) is 1.65. The van der Waals surface area contributed by atoms with Crippen molar-refractivity contribution in [2.75, 3.05) is 33.4 Å². The molecule has 9 nitrogen and oxygen atoms in total. The molecule has 0 aliphatic carbocycles. The molecule has 0 bridgehead atoms. The number of amides is 1. The van der Waals surface area contributed by atoms with Gasteiger partial charge in [0.05, 0.1) is 37.0 Å². The molecule has 2 fully saturated rings. The second-order valence-electron chi connectivity index (χ2n) is 8.48. The summed E-state index contributed by atoms with van der Waals surface area (Å²) in [4.78, 5) is 27.8. The SMILES string of the molecule is COC1CN(C(=O)c2csc(Cc3nccc(-c4ccc(OC5CCOCC5)c(C#N)c4)n3)n2)C1.